The Balaban J connectivity index is 1.20. The third-order valence-electron chi connectivity index (χ3n) is 7.72. The molecule has 1 fully saturated rings. The molecular weight excluding hydrogens is 472 g/mol. The predicted octanol–water partition coefficient (Wildman–Crippen LogP) is 5.80. The molecule has 2 aromatic carbocycles. The van der Waals surface area contributed by atoms with Gasteiger partial charge in [0, 0.05) is 50.7 Å². The molecule has 5 rings (SSSR count). The fourth-order valence-electron chi connectivity index (χ4n) is 5.59. The van der Waals surface area contributed by atoms with Crippen LogP contribution in [0.4, 0.5) is 5.95 Å². The van der Waals surface area contributed by atoms with Gasteiger partial charge in [-0.15, -0.1) is 0 Å². The highest BCUT2D eigenvalue weighted by Gasteiger charge is 2.23. The summed E-state index contributed by atoms with van der Waals surface area (Å²) in [5.74, 6) is 3.29. The van der Waals surface area contributed by atoms with E-state index in [2.05, 4.69) is 76.9 Å². The molecule has 38 heavy (non-hydrogen) atoms. The number of methoxy groups -OCH3 is 1. The quantitative estimate of drug-likeness (QED) is 0.361. The van der Waals surface area contributed by atoms with Gasteiger partial charge in [-0.05, 0) is 78.6 Å². The number of rotatable bonds is 9. The molecule has 1 aliphatic carbocycles. The molecule has 200 valence electrons. The summed E-state index contributed by atoms with van der Waals surface area (Å²) in [7, 11) is 1.74. The maximum absolute atomic E-state index is 6.23. The first kappa shape index (κ1) is 26.2. The molecule has 1 saturated heterocycles. The SMILES string of the molecule is COc1cc(CC(C)C)ccc1COc1ccc2c(c1)CCC(CN1CCN(c3ncccn3)CC1)=C2C. The Morgan fingerprint density at radius 3 is 2.47 bits per heavy atom. The van der Waals surface area contributed by atoms with Gasteiger partial charge in [0.25, 0.3) is 0 Å². The van der Waals surface area contributed by atoms with Crippen LogP contribution in [0.1, 0.15) is 49.4 Å². The van der Waals surface area contributed by atoms with Crippen LogP contribution in [0.15, 0.2) is 60.4 Å². The minimum absolute atomic E-state index is 0.504. The van der Waals surface area contributed by atoms with Crippen LogP contribution in [0.2, 0.25) is 0 Å². The molecule has 1 aromatic heterocycles. The van der Waals surface area contributed by atoms with Crippen LogP contribution in [0.25, 0.3) is 5.57 Å². The minimum atomic E-state index is 0.504. The second-order valence-corrected chi connectivity index (χ2v) is 10.9. The molecule has 0 unspecified atom stereocenters. The lowest BCUT2D eigenvalue weighted by Gasteiger charge is -2.36. The van der Waals surface area contributed by atoms with Crippen molar-refractivity contribution >= 4 is 11.5 Å². The largest absolute Gasteiger partial charge is 0.496 e. The Hall–Kier alpha value is -3.38. The summed E-state index contributed by atoms with van der Waals surface area (Å²) in [6.45, 7) is 12.3. The normalized spacial score (nSPS) is 16.1. The van der Waals surface area contributed by atoms with Gasteiger partial charge < -0.3 is 14.4 Å². The fraction of sp³-hybridized carbons (Fsp3) is 0.438. The van der Waals surface area contributed by atoms with Crippen LogP contribution in [-0.2, 0) is 19.4 Å². The average Bonchev–Trinajstić information content (AvgIpc) is 2.94. The van der Waals surface area contributed by atoms with E-state index in [1.807, 2.05) is 18.5 Å². The molecule has 0 radical (unpaired) electrons. The molecule has 2 aliphatic rings. The third-order valence-corrected chi connectivity index (χ3v) is 7.72. The number of aryl methyl sites for hydroxylation is 1. The van der Waals surface area contributed by atoms with Crippen molar-refractivity contribution < 1.29 is 9.47 Å². The highest BCUT2D eigenvalue weighted by Crippen LogP contribution is 2.34. The summed E-state index contributed by atoms with van der Waals surface area (Å²) in [6.07, 6.45) is 6.86. The molecular formula is C32H40N4O2. The molecule has 0 saturated carbocycles. The van der Waals surface area contributed by atoms with E-state index in [0.717, 1.165) is 75.0 Å². The summed E-state index contributed by atoms with van der Waals surface area (Å²) >= 11 is 0. The molecule has 3 aromatic rings. The summed E-state index contributed by atoms with van der Waals surface area (Å²) < 4.78 is 11.9. The van der Waals surface area contributed by atoms with Crippen LogP contribution >= 0.6 is 0 Å². The second kappa shape index (κ2) is 12.0. The van der Waals surface area contributed by atoms with Crippen LogP contribution in [0, 0.1) is 5.92 Å². The first-order chi connectivity index (χ1) is 18.5. The number of hydrogen-bond donors (Lipinski definition) is 0. The molecule has 2 heterocycles. The maximum Gasteiger partial charge on any atom is 0.225 e. The molecule has 0 N–H and O–H groups in total. The van der Waals surface area contributed by atoms with E-state index in [0.29, 0.717) is 12.5 Å². The van der Waals surface area contributed by atoms with Crippen LogP contribution in [0.3, 0.4) is 0 Å². The van der Waals surface area contributed by atoms with Crippen molar-refractivity contribution in [3.8, 4) is 11.5 Å². The first-order valence-electron chi connectivity index (χ1n) is 13.8. The van der Waals surface area contributed by atoms with Crippen LogP contribution in [0.5, 0.6) is 11.5 Å². The van der Waals surface area contributed by atoms with Gasteiger partial charge in [0.05, 0.1) is 7.11 Å². The fourth-order valence-corrected chi connectivity index (χ4v) is 5.59. The Morgan fingerprint density at radius 2 is 1.74 bits per heavy atom. The van der Waals surface area contributed by atoms with Crippen molar-refractivity contribution in [2.24, 2.45) is 5.92 Å². The molecule has 0 amide bonds. The highest BCUT2D eigenvalue weighted by molar-refractivity contribution is 5.72. The van der Waals surface area contributed by atoms with Gasteiger partial charge in [-0.2, -0.15) is 0 Å². The van der Waals surface area contributed by atoms with Gasteiger partial charge >= 0.3 is 0 Å². The predicted molar refractivity (Wildman–Crippen MR) is 154 cm³/mol. The lowest BCUT2D eigenvalue weighted by molar-refractivity contribution is 0.274. The highest BCUT2D eigenvalue weighted by atomic mass is 16.5. The third kappa shape index (κ3) is 6.18. The summed E-state index contributed by atoms with van der Waals surface area (Å²) in [5.41, 5.74) is 8.12. The van der Waals surface area contributed by atoms with E-state index in [1.165, 1.54) is 22.3 Å². The maximum atomic E-state index is 6.23. The number of benzene rings is 2. The number of nitrogens with zero attached hydrogens (tertiary/aromatic N) is 4. The number of piperazine rings is 1. The molecule has 1 aliphatic heterocycles. The summed E-state index contributed by atoms with van der Waals surface area (Å²) in [6, 6.07) is 14.9. The Morgan fingerprint density at radius 1 is 0.947 bits per heavy atom. The second-order valence-electron chi connectivity index (χ2n) is 10.9. The molecule has 0 spiro atoms. The van der Waals surface area contributed by atoms with Crippen molar-refractivity contribution in [2.75, 3.05) is 44.7 Å². The van der Waals surface area contributed by atoms with E-state index in [1.54, 1.807) is 12.7 Å². The van der Waals surface area contributed by atoms with Crippen molar-refractivity contribution in [3.05, 3.63) is 82.7 Å². The monoisotopic (exact) mass is 512 g/mol. The van der Waals surface area contributed by atoms with E-state index in [4.69, 9.17) is 9.47 Å². The number of allylic oxidation sites excluding steroid dienone is 1. The van der Waals surface area contributed by atoms with Gasteiger partial charge in [0.2, 0.25) is 5.95 Å². The number of hydrogen-bond acceptors (Lipinski definition) is 6. The van der Waals surface area contributed by atoms with E-state index >= 15 is 0 Å². The van der Waals surface area contributed by atoms with Gasteiger partial charge in [-0.25, -0.2) is 9.97 Å². The zero-order valence-electron chi connectivity index (χ0n) is 23.2. The average molecular weight is 513 g/mol. The van der Waals surface area contributed by atoms with E-state index in [-0.39, 0.29) is 0 Å². The zero-order chi connectivity index (χ0) is 26.5. The van der Waals surface area contributed by atoms with Gasteiger partial charge in [0.1, 0.15) is 18.1 Å². The lowest BCUT2D eigenvalue weighted by atomic mass is 9.86. The number of anilines is 1. The molecule has 0 bridgehead atoms. The Kier molecular flexibility index (Phi) is 8.28. The Bertz CT molecular complexity index is 1260. The number of ether oxygens (including phenoxy) is 2. The Labute approximate surface area is 227 Å². The zero-order valence-corrected chi connectivity index (χ0v) is 23.2. The van der Waals surface area contributed by atoms with Crippen LogP contribution in [-0.4, -0.2) is 54.7 Å². The number of fused-ring (bicyclic) bond motifs is 1. The summed E-state index contributed by atoms with van der Waals surface area (Å²) in [4.78, 5) is 13.7. The first-order valence-corrected chi connectivity index (χ1v) is 13.8. The van der Waals surface area contributed by atoms with Crippen LogP contribution < -0.4 is 14.4 Å². The van der Waals surface area contributed by atoms with E-state index in [9.17, 15) is 0 Å². The van der Waals surface area contributed by atoms with Crippen molar-refractivity contribution in [3.63, 3.8) is 0 Å². The van der Waals surface area contributed by atoms with Crippen molar-refractivity contribution in [1.29, 1.82) is 0 Å². The standard InChI is InChI=1S/C32H40N4O2/c1-23(2)18-25-6-7-28(31(19-25)37-4)22-38-29-10-11-30-24(3)27(9-8-26(30)20-29)21-35-14-16-36(17-15-35)32-33-12-5-13-34-32/h5-7,10-13,19-20,23H,8-9,14-18,21-22H2,1-4H3. The number of aromatic nitrogens is 2. The van der Waals surface area contributed by atoms with Gasteiger partial charge in [-0.3, -0.25) is 4.90 Å². The van der Waals surface area contributed by atoms with E-state index < -0.39 is 0 Å². The lowest BCUT2D eigenvalue weighted by Crippen LogP contribution is -2.47. The smallest absolute Gasteiger partial charge is 0.225 e. The van der Waals surface area contributed by atoms with Crippen molar-refractivity contribution in [1.82, 2.24) is 14.9 Å². The van der Waals surface area contributed by atoms with Gasteiger partial charge in [-0.1, -0.05) is 37.6 Å². The molecule has 0 atom stereocenters. The van der Waals surface area contributed by atoms with Crippen molar-refractivity contribution in [2.45, 2.75) is 46.6 Å². The topological polar surface area (TPSA) is 50.7 Å². The molecule has 6 nitrogen and oxygen atoms in total. The molecule has 6 heteroatoms. The van der Waals surface area contributed by atoms with Gasteiger partial charge in [0.15, 0.2) is 0 Å². The summed E-state index contributed by atoms with van der Waals surface area (Å²) in [5, 5.41) is 0. The minimum Gasteiger partial charge on any atom is -0.496 e.